The zero-order chi connectivity index (χ0) is 14.8. The Morgan fingerprint density at radius 1 is 1.55 bits per heavy atom. The van der Waals surface area contributed by atoms with E-state index in [2.05, 4.69) is 28.2 Å². The monoisotopic (exact) mass is 339 g/mol. The first-order valence-corrected chi connectivity index (χ1v) is 7.95. The second-order valence-corrected chi connectivity index (χ2v) is 6.82. The summed E-state index contributed by atoms with van der Waals surface area (Å²) in [6.07, 6.45) is 3.92. The van der Waals surface area contributed by atoms with Crippen molar-refractivity contribution in [3.63, 3.8) is 0 Å². The van der Waals surface area contributed by atoms with E-state index in [1.807, 2.05) is 25.1 Å². The Bertz CT molecular complexity index is 503. The predicted octanol–water partition coefficient (Wildman–Crippen LogP) is 3.43. The number of rotatable bonds is 3. The van der Waals surface area contributed by atoms with E-state index in [4.69, 9.17) is 0 Å². The molecule has 2 unspecified atom stereocenters. The Kier molecular flexibility index (Phi) is 4.86. The van der Waals surface area contributed by atoms with Gasteiger partial charge in [0.05, 0.1) is 17.7 Å². The average Bonchev–Trinajstić information content (AvgIpc) is 2.41. The zero-order valence-corrected chi connectivity index (χ0v) is 13.7. The summed E-state index contributed by atoms with van der Waals surface area (Å²) < 4.78 is 0.828. The summed E-state index contributed by atoms with van der Waals surface area (Å²) in [6.45, 7) is 4.15. The van der Waals surface area contributed by atoms with Gasteiger partial charge in [0.25, 0.3) is 5.91 Å². The van der Waals surface area contributed by atoms with Crippen molar-refractivity contribution in [2.45, 2.75) is 45.1 Å². The van der Waals surface area contributed by atoms with E-state index in [0.29, 0.717) is 11.5 Å². The molecule has 2 atom stereocenters. The first kappa shape index (κ1) is 15.5. The van der Waals surface area contributed by atoms with Gasteiger partial charge in [-0.15, -0.1) is 0 Å². The fourth-order valence-electron chi connectivity index (χ4n) is 3.09. The third-order valence-corrected chi connectivity index (χ3v) is 5.26. The van der Waals surface area contributed by atoms with Crippen LogP contribution in [0.3, 0.4) is 0 Å². The number of nitrogens with one attached hydrogen (secondary N) is 1. The Morgan fingerprint density at radius 3 is 2.95 bits per heavy atom. The molecule has 0 saturated heterocycles. The minimum Gasteiger partial charge on any atom is -0.394 e. The normalized spacial score (nSPS) is 26.3. The minimum atomic E-state index is -0.460. The summed E-state index contributed by atoms with van der Waals surface area (Å²) >= 11 is 3.47. The molecule has 1 aliphatic carbocycles. The van der Waals surface area contributed by atoms with E-state index in [0.717, 1.165) is 29.3 Å². The van der Waals surface area contributed by atoms with Crippen molar-refractivity contribution in [3.05, 3.63) is 33.8 Å². The minimum absolute atomic E-state index is 0.00646. The van der Waals surface area contributed by atoms with Crippen molar-refractivity contribution in [1.82, 2.24) is 5.32 Å². The van der Waals surface area contributed by atoms with Crippen molar-refractivity contribution in [1.29, 1.82) is 0 Å². The fourth-order valence-corrected chi connectivity index (χ4v) is 3.53. The zero-order valence-electron chi connectivity index (χ0n) is 12.1. The van der Waals surface area contributed by atoms with Crippen molar-refractivity contribution < 1.29 is 9.90 Å². The number of benzene rings is 1. The third-order valence-electron chi connectivity index (χ3n) is 4.21. The molecular formula is C16H22BrNO2. The van der Waals surface area contributed by atoms with Gasteiger partial charge in [-0.25, -0.2) is 0 Å². The number of aliphatic hydroxyl groups excluding tert-OH is 1. The molecule has 1 aliphatic rings. The molecule has 0 spiro atoms. The molecule has 0 aliphatic heterocycles. The lowest BCUT2D eigenvalue weighted by atomic mass is 9.76. The third kappa shape index (κ3) is 3.23. The van der Waals surface area contributed by atoms with Crippen LogP contribution < -0.4 is 5.32 Å². The summed E-state index contributed by atoms with van der Waals surface area (Å²) in [6, 6.07) is 5.65. The molecule has 0 aromatic heterocycles. The van der Waals surface area contributed by atoms with Crippen LogP contribution in [0.15, 0.2) is 22.7 Å². The van der Waals surface area contributed by atoms with Gasteiger partial charge in [-0.2, -0.15) is 0 Å². The van der Waals surface area contributed by atoms with Crippen LogP contribution in [0.25, 0.3) is 0 Å². The Labute approximate surface area is 128 Å². The van der Waals surface area contributed by atoms with Gasteiger partial charge in [0.15, 0.2) is 0 Å². The molecule has 20 heavy (non-hydrogen) atoms. The SMILES string of the molecule is Cc1cccc(C(=O)NC2(CO)CCCC(C)C2)c1Br. The van der Waals surface area contributed by atoms with Crippen LogP contribution in [0.5, 0.6) is 0 Å². The van der Waals surface area contributed by atoms with E-state index in [-0.39, 0.29) is 12.5 Å². The van der Waals surface area contributed by atoms with Gasteiger partial charge >= 0.3 is 0 Å². The summed E-state index contributed by atoms with van der Waals surface area (Å²) in [5.74, 6) is 0.431. The molecule has 1 fully saturated rings. The van der Waals surface area contributed by atoms with Crippen LogP contribution in [0, 0.1) is 12.8 Å². The summed E-state index contributed by atoms with van der Waals surface area (Å²) in [5.41, 5.74) is 1.21. The van der Waals surface area contributed by atoms with Crippen LogP contribution in [-0.4, -0.2) is 23.2 Å². The van der Waals surface area contributed by atoms with E-state index in [1.54, 1.807) is 0 Å². The van der Waals surface area contributed by atoms with Gasteiger partial charge in [-0.05, 0) is 53.2 Å². The predicted molar refractivity (Wildman–Crippen MR) is 83.8 cm³/mol. The number of aliphatic hydroxyl groups is 1. The molecular weight excluding hydrogens is 318 g/mol. The summed E-state index contributed by atoms with van der Waals surface area (Å²) in [7, 11) is 0. The quantitative estimate of drug-likeness (QED) is 0.886. The lowest BCUT2D eigenvalue weighted by molar-refractivity contribution is 0.0696. The lowest BCUT2D eigenvalue weighted by Gasteiger charge is -2.39. The first-order chi connectivity index (χ1) is 9.47. The van der Waals surface area contributed by atoms with Gasteiger partial charge in [-0.1, -0.05) is 31.9 Å². The van der Waals surface area contributed by atoms with Gasteiger partial charge in [0.1, 0.15) is 0 Å². The second kappa shape index (κ2) is 6.27. The number of amides is 1. The molecule has 3 nitrogen and oxygen atoms in total. The fraction of sp³-hybridized carbons (Fsp3) is 0.562. The number of aryl methyl sites for hydroxylation is 1. The molecule has 1 aromatic rings. The van der Waals surface area contributed by atoms with Crippen molar-refractivity contribution >= 4 is 21.8 Å². The average molecular weight is 340 g/mol. The largest absolute Gasteiger partial charge is 0.394 e. The molecule has 0 bridgehead atoms. The topological polar surface area (TPSA) is 49.3 Å². The molecule has 2 rings (SSSR count). The van der Waals surface area contributed by atoms with Gasteiger partial charge in [-0.3, -0.25) is 4.79 Å². The highest BCUT2D eigenvalue weighted by Crippen LogP contribution is 2.32. The van der Waals surface area contributed by atoms with Crippen molar-refractivity contribution in [2.24, 2.45) is 5.92 Å². The van der Waals surface area contributed by atoms with E-state index in [1.165, 1.54) is 6.42 Å². The maximum absolute atomic E-state index is 12.5. The maximum atomic E-state index is 12.5. The van der Waals surface area contributed by atoms with Crippen LogP contribution in [0.1, 0.15) is 48.5 Å². The summed E-state index contributed by atoms with van der Waals surface area (Å²) in [5, 5.41) is 12.8. The highest BCUT2D eigenvalue weighted by Gasteiger charge is 2.36. The summed E-state index contributed by atoms with van der Waals surface area (Å²) in [4.78, 5) is 12.5. The number of hydrogen-bond acceptors (Lipinski definition) is 2. The van der Waals surface area contributed by atoms with Crippen molar-refractivity contribution in [2.75, 3.05) is 6.61 Å². The number of carbonyl (C=O) groups excluding carboxylic acids is 1. The molecule has 1 amide bonds. The Hall–Kier alpha value is -0.870. The number of hydrogen-bond donors (Lipinski definition) is 2. The van der Waals surface area contributed by atoms with Gasteiger partial charge in [0.2, 0.25) is 0 Å². The molecule has 0 radical (unpaired) electrons. The van der Waals surface area contributed by atoms with Crippen LogP contribution in [0.2, 0.25) is 0 Å². The van der Waals surface area contributed by atoms with Crippen LogP contribution in [0.4, 0.5) is 0 Å². The van der Waals surface area contributed by atoms with Crippen LogP contribution >= 0.6 is 15.9 Å². The number of carbonyl (C=O) groups is 1. The molecule has 110 valence electrons. The van der Waals surface area contributed by atoms with E-state index in [9.17, 15) is 9.90 Å². The van der Waals surface area contributed by atoms with Crippen molar-refractivity contribution in [3.8, 4) is 0 Å². The van der Waals surface area contributed by atoms with Gasteiger partial charge in [0, 0.05) is 4.47 Å². The second-order valence-electron chi connectivity index (χ2n) is 6.03. The highest BCUT2D eigenvalue weighted by molar-refractivity contribution is 9.10. The molecule has 2 N–H and O–H groups in total. The molecule has 4 heteroatoms. The maximum Gasteiger partial charge on any atom is 0.252 e. The van der Waals surface area contributed by atoms with Crippen LogP contribution in [-0.2, 0) is 0 Å². The van der Waals surface area contributed by atoms with Gasteiger partial charge < -0.3 is 10.4 Å². The smallest absolute Gasteiger partial charge is 0.252 e. The lowest BCUT2D eigenvalue weighted by Crippen LogP contribution is -2.53. The molecule has 1 saturated carbocycles. The first-order valence-electron chi connectivity index (χ1n) is 7.16. The Morgan fingerprint density at radius 2 is 2.30 bits per heavy atom. The van der Waals surface area contributed by atoms with E-state index >= 15 is 0 Å². The highest BCUT2D eigenvalue weighted by atomic mass is 79.9. The number of halogens is 1. The van der Waals surface area contributed by atoms with E-state index < -0.39 is 5.54 Å². The Balaban J connectivity index is 2.19. The molecule has 0 heterocycles. The standard InChI is InChI=1S/C16H22BrNO2/c1-11-5-4-8-16(9-11,10-19)18-15(20)13-7-3-6-12(2)14(13)17/h3,6-7,11,19H,4-5,8-10H2,1-2H3,(H,18,20). The molecule has 1 aromatic carbocycles.